The highest BCUT2D eigenvalue weighted by atomic mass is 16.6. The smallest absolute Gasteiger partial charge is 0.410 e. The van der Waals surface area contributed by atoms with Crippen LogP contribution in [-0.4, -0.2) is 43.3 Å². The van der Waals surface area contributed by atoms with Gasteiger partial charge in [0.2, 0.25) is 0 Å². The summed E-state index contributed by atoms with van der Waals surface area (Å²) < 4.78 is 9.84. The third-order valence-corrected chi connectivity index (χ3v) is 3.47. The van der Waals surface area contributed by atoms with Crippen LogP contribution in [0.3, 0.4) is 0 Å². The first-order valence-electron chi connectivity index (χ1n) is 7.99. The topological polar surface area (TPSA) is 67.9 Å². The van der Waals surface area contributed by atoms with Crippen LogP contribution in [0.1, 0.15) is 32.3 Å². The molecule has 1 aromatic rings. The van der Waals surface area contributed by atoms with Gasteiger partial charge in [-0.15, -0.1) is 0 Å². The molecule has 1 aliphatic rings. The molecule has 0 atom stereocenters. The second-order valence-corrected chi connectivity index (χ2v) is 4.94. The van der Waals surface area contributed by atoms with Crippen LogP contribution < -0.4 is 5.32 Å². The van der Waals surface area contributed by atoms with Crippen LogP contribution >= 0.6 is 0 Å². The van der Waals surface area contributed by atoms with Crippen LogP contribution in [0.5, 0.6) is 0 Å². The minimum absolute atomic E-state index is 0.0515. The highest BCUT2D eigenvalue weighted by Gasteiger charge is 2.24. The molecule has 1 aromatic carbocycles. The number of nitrogens with zero attached hydrogens (tertiary/aromatic N) is 1. The molecular formula is C17H26N2O4. The standard InChI is InChI=1S/C15H20N2O4.C2H6/c1-20-14(18)16-13-7-9-17(10-8-13)15(19)21-11-12-5-3-2-4-6-12;1-2/h2-6,13H,7-11H2,1H3,(H,16,18);1-2H3. The summed E-state index contributed by atoms with van der Waals surface area (Å²) in [5, 5.41) is 2.75. The molecule has 0 unspecified atom stereocenters. The van der Waals surface area contributed by atoms with Crippen molar-refractivity contribution in [3.8, 4) is 0 Å². The van der Waals surface area contributed by atoms with E-state index in [-0.39, 0.29) is 18.7 Å². The Hall–Kier alpha value is -2.24. The second-order valence-electron chi connectivity index (χ2n) is 4.94. The SMILES string of the molecule is CC.COC(=O)NC1CCN(C(=O)OCc2ccccc2)CC1. The molecule has 1 fully saturated rings. The maximum absolute atomic E-state index is 11.9. The second kappa shape index (κ2) is 10.5. The zero-order valence-electron chi connectivity index (χ0n) is 14.1. The van der Waals surface area contributed by atoms with Crippen molar-refractivity contribution in [2.45, 2.75) is 39.3 Å². The number of carbonyl (C=O) groups excluding carboxylic acids is 2. The summed E-state index contributed by atoms with van der Waals surface area (Å²) in [5.41, 5.74) is 0.966. The molecule has 0 bridgehead atoms. The Bertz CT molecular complexity index is 471. The van der Waals surface area contributed by atoms with E-state index < -0.39 is 6.09 Å². The van der Waals surface area contributed by atoms with Crippen molar-refractivity contribution < 1.29 is 19.1 Å². The zero-order chi connectivity index (χ0) is 17.1. The largest absolute Gasteiger partial charge is 0.453 e. The van der Waals surface area contributed by atoms with Gasteiger partial charge in [-0.1, -0.05) is 44.2 Å². The number of nitrogens with one attached hydrogen (secondary N) is 1. The molecule has 1 saturated heterocycles. The lowest BCUT2D eigenvalue weighted by atomic mass is 10.1. The lowest BCUT2D eigenvalue weighted by Crippen LogP contribution is -2.46. The number of ether oxygens (including phenoxy) is 2. The Kier molecular flexibility index (Phi) is 8.57. The number of carbonyl (C=O) groups is 2. The highest BCUT2D eigenvalue weighted by Crippen LogP contribution is 2.12. The predicted octanol–water partition coefficient (Wildman–Crippen LogP) is 3.17. The van der Waals surface area contributed by atoms with Crippen LogP contribution in [0.25, 0.3) is 0 Å². The van der Waals surface area contributed by atoms with Crippen LogP contribution in [0.4, 0.5) is 9.59 Å². The first-order valence-corrected chi connectivity index (χ1v) is 7.99. The molecule has 0 saturated carbocycles. The van der Waals surface area contributed by atoms with Gasteiger partial charge in [0.15, 0.2) is 0 Å². The van der Waals surface area contributed by atoms with E-state index in [0.717, 1.165) is 5.56 Å². The zero-order valence-corrected chi connectivity index (χ0v) is 14.1. The number of methoxy groups -OCH3 is 1. The van der Waals surface area contributed by atoms with Gasteiger partial charge >= 0.3 is 12.2 Å². The fraction of sp³-hybridized carbons (Fsp3) is 0.529. The Morgan fingerprint density at radius 1 is 1.17 bits per heavy atom. The molecule has 128 valence electrons. The molecule has 6 heteroatoms. The fourth-order valence-electron chi connectivity index (χ4n) is 2.24. The van der Waals surface area contributed by atoms with Gasteiger partial charge < -0.3 is 19.7 Å². The van der Waals surface area contributed by atoms with E-state index in [4.69, 9.17) is 4.74 Å². The third kappa shape index (κ3) is 6.59. The number of alkyl carbamates (subject to hydrolysis) is 1. The van der Waals surface area contributed by atoms with Gasteiger partial charge in [0.05, 0.1) is 7.11 Å². The van der Waals surface area contributed by atoms with E-state index in [1.165, 1.54) is 7.11 Å². The molecule has 6 nitrogen and oxygen atoms in total. The number of rotatable bonds is 3. The molecule has 23 heavy (non-hydrogen) atoms. The quantitative estimate of drug-likeness (QED) is 0.928. The Balaban J connectivity index is 0.00000127. The molecule has 2 amide bonds. The van der Waals surface area contributed by atoms with Crippen molar-refractivity contribution in [3.63, 3.8) is 0 Å². The van der Waals surface area contributed by atoms with Gasteiger partial charge in [-0.3, -0.25) is 0 Å². The van der Waals surface area contributed by atoms with Gasteiger partial charge in [-0.05, 0) is 18.4 Å². The van der Waals surface area contributed by atoms with Gasteiger partial charge in [0.25, 0.3) is 0 Å². The van der Waals surface area contributed by atoms with Gasteiger partial charge in [-0.25, -0.2) is 9.59 Å². The average Bonchev–Trinajstić information content (AvgIpc) is 2.62. The predicted molar refractivity (Wildman–Crippen MR) is 88.1 cm³/mol. The number of amides is 2. The first kappa shape index (κ1) is 18.8. The molecule has 1 aliphatic heterocycles. The van der Waals surface area contributed by atoms with Crippen LogP contribution in [0, 0.1) is 0 Å². The first-order chi connectivity index (χ1) is 11.2. The highest BCUT2D eigenvalue weighted by molar-refractivity contribution is 5.68. The summed E-state index contributed by atoms with van der Waals surface area (Å²) in [6.07, 6.45) is 0.668. The van der Waals surface area contributed by atoms with E-state index in [1.54, 1.807) is 4.90 Å². The van der Waals surface area contributed by atoms with E-state index in [0.29, 0.717) is 25.9 Å². The van der Waals surface area contributed by atoms with E-state index in [1.807, 2.05) is 44.2 Å². The Morgan fingerprint density at radius 2 is 1.78 bits per heavy atom. The fourth-order valence-corrected chi connectivity index (χ4v) is 2.24. The lowest BCUT2D eigenvalue weighted by molar-refractivity contribution is 0.0847. The monoisotopic (exact) mass is 322 g/mol. The number of piperidine rings is 1. The molecule has 0 radical (unpaired) electrons. The summed E-state index contributed by atoms with van der Waals surface area (Å²) in [6.45, 7) is 5.42. The third-order valence-electron chi connectivity index (χ3n) is 3.47. The number of likely N-dealkylation sites (tertiary alicyclic amines) is 1. The van der Waals surface area contributed by atoms with Crippen molar-refractivity contribution in [1.82, 2.24) is 10.2 Å². The van der Waals surface area contributed by atoms with E-state index >= 15 is 0 Å². The lowest BCUT2D eigenvalue weighted by Gasteiger charge is -2.31. The number of hydrogen-bond donors (Lipinski definition) is 1. The van der Waals surface area contributed by atoms with E-state index in [2.05, 4.69) is 10.1 Å². The molecule has 2 rings (SSSR count). The average molecular weight is 322 g/mol. The number of hydrogen-bond acceptors (Lipinski definition) is 4. The van der Waals surface area contributed by atoms with Crippen molar-refractivity contribution >= 4 is 12.2 Å². The van der Waals surface area contributed by atoms with Gasteiger partial charge in [0.1, 0.15) is 6.61 Å². The van der Waals surface area contributed by atoms with Crippen molar-refractivity contribution in [3.05, 3.63) is 35.9 Å². The Labute approximate surface area is 137 Å². The van der Waals surface area contributed by atoms with Gasteiger partial charge in [0, 0.05) is 19.1 Å². The van der Waals surface area contributed by atoms with Crippen molar-refractivity contribution in [1.29, 1.82) is 0 Å². The summed E-state index contributed by atoms with van der Waals surface area (Å²) in [7, 11) is 1.34. The summed E-state index contributed by atoms with van der Waals surface area (Å²) >= 11 is 0. The van der Waals surface area contributed by atoms with Crippen LogP contribution in [-0.2, 0) is 16.1 Å². The van der Waals surface area contributed by atoms with Crippen molar-refractivity contribution in [2.75, 3.05) is 20.2 Å². The minimum Gasteiger partial charge on any atom is -0.453 e. The Morgan fingerprint density at radius 3 is 2.35 bits per heavy atom. The number of benzene rings is 1. The summed E-state index contributed by atoms with van der Waals surface area (Å²) in [6, 6.07) is 9.63. The maximum atomic E-state index is 11.9. The molecule has 0 aromatic heterocycles. The van der Waals surface area contributed by atoms with Gasteiger partial charge in [-0.2, -0.15) is 0 Å². The van der Waals surface area contributed by atoms with Crippen LogP contribution in [0.15, 0.2) is 30.3 Å². The normalized spacial score (nSPS) is 14.3. The van der Waals surface area contributed by atoms with Crippen molar-refractivity contribution in [2.24, 2.45) is 0 Å². The molecule has 1 N–H and O–H groups in total. The summed E-state index contributed by atoms with van der Waals surface area (Å²) in [4.78, 5) is 24.7. The van der Waals surface area contributed by atoms with Crippen LogP contribution in [0.2, 0.25) is 0 Å². The maximum Gasteiger partial charge on any atom is 0.410 e. The summed E-state index contributed by atoms with van der Waals surface area (Å²) in [5.74, 6) is 0. The molecular weight excluding hydrogens is 296 g/mol. The molecule has 1 heterocycles. The van der Waals surface area contributed by atoms with E-state index in [9.17, 15) is 9.59 Å². The molecule has 0 aliphatic carbocycles. The molecule has 0 spiro atoms. The minimum atomic E-state index is -0.430.